The van der Waals surface area contributed by atoms with Crippen molar-refractivity contribution in [1.82, 2.24) is 14.5 Å². The number of amides is 1. The Hall–Kier alpha value is -4.78. The number of hydrogen-bond acceptors (Lipinski definition) is 9. The van der Waals surface area contributed by atoms with Gasteiger partial charge in [0.25, 0.3) is 5.91 Å². The van der Waals surface area contributed by atoms with Crippen LogP contribution in [0, 0.1) is 6.92 Å². The molecular formula is C31H36N8O4S. The van der Waals surface area contributed by atoms with Crippen molar-refractivity contribution in [1.29, 1.82) is 0 Å². The Morgan fingerprint density at radius 2 is 1.77 bits per heavy atom. The summed E-state index contributed by atoms with van der Waals surface area (Å²) in [6.07, 6.45) is 6.34. The van der Waals surface area contributed by atoms with Gasteiger partial charge in [0.15, 0.2) is 5.75 Å². The number of anilines is 3. The number of pyridine rings is 1. The molecule has 3 heterocycles. The molecule has 230 valence electrons. The van der Waals surface area contributed by atoms with E-state index in [1.165, 1.54) is 7.11 Å². The topological polar surface area (TPSA) is 143 Å². The molecule has 1 aliphatic rings. The zero-order valence-electron chi connectivity index (χ0n) is 25.8. The summed E-state index contributed by atoms with van der Waals surface area (Å²) >= 11 is 0. The number of aromatic nitrogens is 3. The lowest BCUT2D eigenvalue weighted by Gasteiger charge is -2.24. The van der Waals surface area contributed by atoms with Crippen molar-refractivity contribution >= 4 is 33.0 Å². The molecule has 1 aliphatic heterocycles. The van der Waals surface area contributed by atoms with Crippen molar-refractivity contribution in [2.45, 2.75) is 39.2 Å². The summed E-state index contributed by atoms with van der Waals surface area (Å²) in [6.45, 7) is 8.42. The Morgan fingerprint density at radius 1 is 1.07 bits per heavy atom. The van der Waals surface area contributed by atoms with Gasteiger partial charge in [0.05, 0.1) is 48.9 Å². The van der Waals surface area contributed by atoms with Gasteiger partial charge in [-0.1, -0.05) is 32.1 Å². The van der Waals surface area contributed by atoms with E-state index in [-0.39, 0.29) is 28.8 Å². The zero-order chi connectivity index (χ0) is 31.8. The molecule has 1 amide bonds. The van der Waals surface area contributed by atoms with Gasteiger partial charge in [-0.2, -0.15) is 5.11 Å². The molecule has 5 rings (SSSR count). The number of ether oxygens (including phenoxy) is 1. The van der Waals surface area contributed by atoms with E-state index in [4.69, 9.17) is 4.74 Å². The number of methoxy groups -OCH3 is 1. The Labute approximate surface area is 257 Å². The minimum absolute atomic E-state index is 0.211. The zero-order valence-corrected chi connectivity index (χ0v) is 26.6. The molecule has 12 nitrogen and oxygen atoms in total. The van der Waals surface area contributed by atoms with Crippen LogP contribution in [0.4, 0.5) is 17.1 Å². The minimum Gasteiger partial charge on any atom is -0.492 e. The van der Waals surface area contributed by atoms with Crippen LogP contribution in [-0.2, 0) is 22.5 Å². The quantitative estimate of drug-likeness (QED) is 0.260. The van der Waals surface area contributed by atoms with E-state index in [2.05, 4.69) is 30.3 Å². The third-order valence-corrected chi connectivity index (χ3v) is 7.99. The molecule has 2 N–H and O–H groups in total. The molecule has 2 aromatic carbocycles. The molecule has 1 atom stereocenters. The largest absolute Gasteiger partial charge is 0.492 e. The number of nitrogens with one attached hydrogen (secondary N) is 2. The number of carbonyl (C=O) groups is 1. The molecule has 0 aliphatic carbocycles. The Morgan fingerprint density at radius 3 is 2.43 bits per heavy atom. The van der Waals surface area contributed by atoms with Gasteiger partial charge < -0.3 is 14.6 Å². The number of sulfonamides is 1. The molecule has 1 unspecified atom stereocenters. The summed E-state index contributed by atoms with van der Waals surface area (Å²) in [5.74, 6) is 0.636. The number of nitrogens with zero attached hydrogens (tertiary/aromatic N) is 6. The fourth-order valence-electron chi connectivity index (χ4n) is 5.04. The fraction of sp³-hybridized carbons (Fsp3) is 0.323. The van der Waals surface area contributed by atoms with Gasteiger partial charge in [0.2, 0.25) is 10.0 Å². The van der Waals surface area contributed by atoms with Crippen molar-refractivity contribution in [3.8, 4) is 17.1 Å². The van der Waals surface area contributed by atoms with E-state index in [0.29, 0.717) is 17.8 Å². The lowest BCUT2D eigenvalue weighted by Crippen LogP contribution is -2.20. The SMILES string of the molecule is COc1c(NC(=O)c2ccc(C)c(N3CC(c4cnc(-c5ccncc5)n4C)N=N3)c2)cc(C(C)(C)C)cc1NS(C)(=O)=O. The second-order valence-corrected chi connectivity index (χ2v) is 13.5. The van der Waals surface area contributed by atoms with Crippen molar-refractivity contribution in [3.63, 3.8) is 0 Å². The maximum absolute atomic E-state index is 13.6. The van der Waals surface area contributed by atoms with E-state index in [0.717, 1.165) is 40.2 Å². The van der Waals surface area contributed by atoms with E-state index < -0.39 is 10.0 Å². The maximum Gasteiger partial charge on any atom is 0.255 e. The van der Waals surface area contributed by atoms with Gasteiger partial charge in [-0.15, -0.1) is 0 Å². The summed E-state index contributed by atoms with van der Waals surface area (Å²) in [4.78, 5) is 22.3. The van der Waals surface area contributed by atoms with Gasteiger partial charge >= 0.3 is 0 Å². The third kappa shape index (κ3) is 6.42. The summed E-state index contributed by atoms with van der Waals surface area (Å²) < 4.78 is 34.3. The number of imidazole rings is 1. The van der Waals surface area contributed by atoms with Crippen molar-refractivity contribution < 1.29 is 17.9 Å². The molecule has 0 saturated heterocycles. The Balaban J connectivity index is 1.40. The molecule has 0 fully saturated rings. The summed E-state index contributed by atoms with van der Waals surface area (Å²) in [5.41, 5.74) is 5.01. The molecular weight excluding hydrogens is 580 g/mol. The number of aryl methyl sites for hydroxylation is 1. The highest BCUT2D eigenvalue weighted by atomic mass is 32.2. The first-order chi connectivity index (χ1) is 20.7. The molecule has 2 aromatic heterocycles. The van der Waals surface area contributed by atoms with E-state index in [1.807, 2.05) is 63.7 Å². The van der Waals surface area contributed by atoms with Crippen LogP contribution in [0.2, 0.25) is 0 Å². The van der Waals surface area contributed by atoms with Crippen LogP contribution in [0.1, 0.15) is 54.0 Å². The van der Waals surface area contributed by atoms with Crippen LogP contribution < -0.4 is 19.8 Å². The highest BCUT2D eigenvalue weighted by molar-refractivity contribution is 7.92. The van der Waals surface area contributed by atoms with Gasteiger partial charge in [-0.05, 0) is 59.9 Å². The van der Waals surface area contributed by atoms with Crippen molar-refractivity contribution in [2.75, 3.05) is 35.0 Å². The smallest absolute Gasteiger partial charge is 0.255 e. The molecule has 4 aromatic rings. The number of hydrogen-bond donors (Lipinski definition) is 2. The summed E-state index contributed by atoms with van der Waals surface area (Å²) in [5, 5.41) is 13.7. The highest BCUT2D eigenvalue weighted by Crippen LogP contribution is 2.40. The first-order valence-corrected chi connectivity index (χ1v) is 15.9. The standard InChI is InChI=1S/C31H36N8O4S/c1-19-8-9-21(30(40)34-23-15-22(31(2,3)4)16-24(28(23)43-6)36-44(7,41)42)14-26(19)39-18-25(35-37-39)27-17-33-29(38(27)5)20-10-12-32-13-11-20/h8-17,25,36H,18H2,1-7H3,(H,34,40). The van der Waals surface area contributed by atoms with Crippen LogP contribution in [0.3, 0.4) is 0 Å². The van der Waals surface area contributed by atoms with Gasteiger partial charge in [-0.25, -0.2) is 18.4 Å². The predicted octanol–water partition coefficient (Wildman–Crippen LogP) is 5.65. The highest BCUT2D eigenvalue weighted by Gasteiger charge is 2.28. The van der Waals surface area contributed by atoms with Crippen LogP contribution >= 0.6 is 0 Å². The molecule has 0 bridgehead atoms. The Bertz CT molecular complexity index is 1850. The van der Waals surface area contributed by atoms with Crippen LogP contribution in [0.15, 0.2) is 71.4 Å². The fourth-order valence-corrected chi connectivity index (χ4v) is 5.59. The number of rotatable bonds is 8. The van der Waals surface area contributed by atoms with E-state index >= 15 is 0 Å². The first kappa shape index (κ1) is 30.7. The number of benzene rings is 2. The van der Waals surface area contributed by atoms with Gasteiger partial charge in [-0.3, -0.25) is 14.5 Å². The van der Waals surface area contributed by atoms with Crippen LogP contribution in [0.5, 0.6) is 5.75 Å². The van der Waals surface area contributed by atoms with Crippen molar-refractivity contribution in [3.05, 3.63) is 83.4 Å². The van der Waals surface area contributed by atoms with Crippen LogP contribution in [0.25, 0.3) is 11.4 Å². The average Bonchev–Trinajstić information content (AvgIpc) is 3.59. The normalized spacial score (nSPS) is 15.0. The molecule has 0 radical (unpaired) electrons. The second-order valence-electron chi connectivity index (χ2n) is 11.8. The third-order valence-electron chi connectivity index (χ3n) is 7.40. The van der Waals surface area contributed by atoms with Crippen LogP contribution in [-0.4, -0.2) is 48.8 Å². The molecule has 0 spiro atoms. The molecule has 0 saturated carbocycles. The summed E-state index contributed by atoms with van der Waals surface area (Å²) in [6, 6.07) is 12.5. The predicted molar refractivity (Wildman–Crippen MR) is 171 cm³/mol. The lowest BCUT2D eigenvalue weighted by atomic mass is 9.86. The monoisotopic (exact) mass is 616 g/mol. The summed E-state index contributed by atoms with van der Waals surface area (Å²) in [7, 11) is -0.228. The van der Waals surface area contributed by atoms with Gasteiger partial charge in [0.1, 0.15) is 11.9 Å². The van der Waals surface area contributed by atoms with Gasteiger partial charge in [0, 0.05) is 30.6 Å². The Kier molecular flexibility index (Phi) is 8.17. The average molecular weight is 617 g/mol. The molecule has 44 heavy (non-hydrogen) atoms. The lowest BCUT2D eigenvalue weighted by molar-refractivity contribution is 0.102. The first-order valence-electron chi connectivity index (χ1n) is 14.0. The molecule has 13 heteroatoms. The maximum atomic E-state index is 13.6. The minimum atomic E-state index is -3.61. The number of carbonyl (C=O) groups excluding carboxylic acids is 1. The van der Waals surface area contributed by atoms with Crippen molar-refractivity contribution in [2.24, 2.45) is 17.4 Å². The second kappa shape index (κ2) is 11.7. The van der Waals surface area contributed by atoms with E-state index in [9.17, 15) is 13.2 Å². The van der Waals surface area contributed by atoms with E-state index in [1.54, 1.807) is 41.7 Å².